The van der Waals surface area contributed by atoms with Crippen LogP contribution < -0.4 is 10.1 Å². The van der Waals surface area contributed by atoms with E-state index in [0.29, 0.717) is 28.6 Å². The van der Waals surface area contributed by atoms with Gasteiger partial charge in [-0.2, -0.15) is 0 Å². The predicted molar refractivity (Wildman–Crippen MR) is 116 cm³/mol. The Morgan fingerprint density at radius 1 is 1.07 bits per heavy atom. The Morgan fingerprint density at radius 2 is 1.79 bits per heavy atom. The van der Waals surface area contributed by atoms with Crippen molar-refractivity contribution in [2.24, 2.45) is 0 Å². The fourth-order valence-corrected chi connectivity index (χ4v) is 2.93. The summed E-state index contributed by atoms with van der Waals surface area (Å²) in [5, 5.41) is 3.40. The smallest absolute Gasteiger partial charge is 0.338 e. The van der Waals surface area contributed by atoms with Gasteiger partial charge in [-0.25, -0.2) is 4.79 Å². The molecule has 1 unspecified atom stereocenters. The number of halogens is 1. The van der Waals surface area contributed by atoms with Crippen molar-refractivity contribution in [1.82, 2.24) is 0 Å². The van der Waals surface area contributed by atoms with Crippen molar-refractivity contribution >= 4 is 29.2 Å². The summed E-state index contributed by atoms with van der Waals surface area (Å²) in [5.74, 6) is -0.0334. The van der Waals surface area contributed by atoms with Gasteiger partial charge in [0.2, 0.25) is 0 Å². The molecule has 0 saturated carbocycles. The molecule has 0 bridgehead atoms. The lowest BCUT2D eigenvalue weighted by Crippen LogP contribution is -2.30. The van der Waals surface area contributed by atoms with Gasteiger partial charge in [0.05, 0.1) is 12.2 Å². The van der Waals surface area contributed by atoms with E-state index in [9.17, 15) is 9.59 Å². The van der Waals surface area contributed by atoms with Gasteiger partial charge >= 0.3 is 5.97 Å². The maximum absolute atomic E-state index is 12.4. The zero-order chi connectivity index (χ0) is 21.2. The highest BCUT2D eigenvalue weighted by Crippen LogP contribution is 2.23. The van der Waals surface area contributed by atoms with Crippen LogP contribution in [0.1, 0.15) is 55.5 Å². The molecule has 2 aromatic rings. The van der Waals surface area contributed by atoms with E-state index >= 15 is 0 Å². The third kappa shape index (κ3) is 7.42. The molecule has 0 aliphatic rings. The molecule has 156 valence electrons. The minimum Gasteiger partial charge on any atom is -0.481 e. The molecule has 1 amide bonds. The Balaban J connectivity index is 1.84. The fourth-order valence-electron chi connectivity index (χ4n) is 2.70. The number of ether oxygens (including phenoxy) is 2. The number of anilines is 1. The molecule has 0 fully saturated rings. The van der Waals surface area contributed by atoms with Crippen molar-refractivity contribution in [1.29, 1.82) is 0 Å². The van der Waals surface area contributed by atoms with Crippen molar-refractivity contribution in [2.75, 3.05) is 11.9 Å². The molecule has 2 rings (SSSR count). The molecule has 6 heteroatoms. The van der Waals surface area contributed by atoms with Crippen molar-refractivity contribution in [3.8, 4) is 5.75 Å². The van der Waals surface area contributed by atoms with Crippen molar-refractivity contribution in [3.05, 3.63) is 58.6 Å². The van der Waals surface area contributed by atoms with Gasteiger partial charge in [0.25, 0.3) is 5.91 Å². The number of unbranched alkanes of at least 4 members (excludes halogenated alkanes) is 3. The van der Waals surface area contributed by atoms with Gasteiger partial charge in [0.15, 0.2) is 6.10 Å². The minimum absolute atomic E-state index is 0.286. The first-order valence-electron chi connectivity index (χ1n) is 9.91. The third-order valence-corrected chi connectivity index (χ3v) is 4.66. The lowest BCUT2D eigenvalue weighted by Gasteiger charge is -2.16. The quantitative estimate of drug-likeness (QED) is 0.392. The van der Waals surface area contributed by atoms with Crippen LogP contribution in [0, 0.1) is 6.92 Å². The molecule has 29 heavy (non-hydrogen) atoms. The summed E-state index contributed by atoms with van der Waals surface area (Å²) < 4.78 is 11.0. The van der Waals surface area contributed by atoms with Crippen LogP contribution in [0.25, 0.3) is 0 Å². The number of carbonyl (C=O) groups excluding carboxylic acids is 2. The molecule has 0 heterocycles. The van der Waals surface area contributed by atoms with Gasteiger partial charge in [0, 0.05) is 10.7 Å². The van der Waals surface area contributed by atoms with E-state index in [4.69, 9.17) is 21.1 Å². The highest BCUT2D eigenvalue weighted by atomic mass is 35.5. The van der Waals surface area contributed by atoms with Gasteiger partial charge in [-0.1, -0.05) is 37.8 Å². The second-order valence-electron chi connectivity index (χ2n) is 6.93. The van der Waals surface area contributed by atoms with Gasteiger partial charge in [-0.3, -0.25) is 4.79 Å². The Morgan fingerprint density at radius 3 is 2.45 bits per heavy atom. The van der Waals surface area contributed by atoms with Crippen LogP contribution in [0.4, 0.5) is 5.69 Å². The van der Waals surface area contributed by atoms with Crippen LogP contribution in [-0.2, 0) is 9.53 Å². The first-order valence-corrected chi connectivity index (χ1v) is 10.3. The van der Waals surface area contributed by atoms with Crippen molar-refractivity contribution < 1.29 is 19.1 Å². The summed E-state index contributed by atoms with van der Waals surface area (Å²) in [4.78, 5) is 24.4. The maximum Gasteiger partial charge on any atom is 0.338 e. The average Bonchev–Trinajstić information content (AvgIpc) is 2.70. The summed E-state index contributed by atoms with van der Waals surface area (Å²) in [5.41, 5.74) is 1.90. The highest BCUT2D eigenvalue weighted by Gasteiger charge is 2.16. The molecule has 0 aliphatic heterocycles. The topological polar surface area (TPSA) is 64.6 Å². The van der Waals surface area contributed by atoms with E-state index < -0.39 is 6.10 Å². The number of rotatable bonds is 10. The number of amides is 1. The van der Waals surface area contributed by atoms with E-state index in [1.165, 1.54) is 0 Å². The number of benzene rings is 2. The van der Waals surface area contributed by atoms with Gasteiger partial charge in [0.1, 0.15) is 5.75 Å². The zero-order valence-corrected chi connectivity index (χ0v) is 17.9. The normalized spacial score (nSPS) is 11.6. The average molecular weight is 418 g/mol. The molecule has 1 N–H and O–H groups in total. The Labute approximate surface area is 177 Å². The third-order valence-electron chi connectivity index (χ3n) is 4.43. The van der Waals surface area contributed by atoms with Crippen LogP contribution in [0.2, 0.25) is 5.02 Å². The Hall–Kier alpha value is -2.53. The lowest BCUT2D eigenvalue weighted by molar-refractivity contribution is -0.122. The van der Waals surface area contributed by atoms with E-state index in [2.05, 4.69) is 12.2 Å². The van der Waals surface area contributed by atoms with Gasteiger partial charge in [-0.15, -0.1) is 0 Å². The summed E-state index contributed by atoms with van der Waals surface area (Å²) in [6.45, 7) is 6.11. The van der Waals surface area contributed by atoms with Crippen molar-refractivity contribution in [3.63, 3.8) is 0 Å². The number of esters is 1. The highest BCUT2D eigenvalue weighted by molar-refractivity contribution is 6.30. The Bertz CT molecular complexity index is 820. The van der Waals surface area contributed by atoms with Gasteiger partial charge < -0.3 is 14.8 Å². The molecule has 5 nitrogen and oxygen atoms in total. The summed E-state index contributed by atoms with van der Waals surface area (Å²) in [7, 11) is 0. The molecular formula is C23H28ClNO4. The summed E-state index contributed by atoms with van der Waals surface area (Å²) >= 11 is 5.94. The minimum atomic E-state index is -0.692. The van der Waals surface area contributed by atoms with E-state index in [1.54, 1.807) is 49.4 Å². The molecule has 0 aliphatic carbocycles. The SMILES string of the molecule is CCCCCCOC(=O)c1ccc(NC(=O)C(C)Oc2ccc(Cl)cc2C)cc1. The largest absolute Gasteiger partial charge is 0.481 e. The fraction of sp³-hybridized carbons (Fsp3) is 0.391. The first-order chi connectivity index (χ1) is 13.9. The summed E-state index contributed by atoms with van der Waals surface area (Å²) in [6.07, 6.45) is 3.53. The van der Waals surface area contributed by atoms with Crippen LogP contribution in [0.5, 0.6) is 5.75 Å². The molecule has 0 radical (unpaired) electrons. The Kier molecular flexibility index (Phi) is 9.00. The predicted octanol–water partition coefficient (Wildman–Crippen LogP) is 5.79. The second kappa shape index (κ2) is 11.5. The van der Waals surface area contributed by atoms with E-state index in [1.807, 2.05) is 6.92 Å². The molecular weight excluding hydrogens is 390 g/mol. The number of aryl methyl sites for hydroxylation is 1. The molecule has 1 atom stereocenters. The number of hydrogen-bond donors (Lipinski definition) is 1. The van der Waals surface area contributed by atoms with Gasteiger partial charge in [-0.05, 0) is 68.3 Å². The van der Waals surface area contributed by atoms with E-state index in [-0.39, 0.29) is 11.9 Å². The van der Waals surface area contributed by atoms with Crippen LogP contribution >= 0.6 is 11.6 Å². The number of nitrogens with one attached hydrogen (secondary N) is 1. The van der Waals surface area contributed by atoms with Crippen LogP contribution in [0.3, 0.4) is 0 Å². The lowest BCUT2D eigenvalue weighted by atomic mass is 10.2. The van der Waals surface area contributed by atoms with Crippen LogP contribution in [0.15, 0.2) is 42.5 Å². The second-order valence-corrected chi connectivity index (χ2v) is 7.37. The standard InChI is InChI=1S/C23H28ClNO4/c1-4-5-6-7-14-28-23(27)18-8-11-20(12-9-18)25-22(26)17(3)29-21-13-10-19(24)15-16(21)2/h8-13,15,17H,4-7,14H2,1-3H3,(H,25,26). The van der Waals surface area contributed by atoms with Crippen LogP contribution in [-0.4, -0.2) is 24.6 Å². The summed E-state index contributed by atoms with van der Waals surface area (Å²) in [6, 6.07) is 11.9. The molecule has 2 aromatic carbocycles. The molecule has 0 saturated heterocycles. The maximum atomic E-state index is 12.4. The number of hydrogen-bond acceptors (Lipinski definition) is 4. The number of carbonyl (C=O) groups is 2. The van der Waals surface area contributed by atoms with E-state index in [0.717, 1.165) is 31.2 Å². The molecule has 0 aromatic heterocycles. The van der Waals surface area contributed by atoms with Crippen molar-refractivity contribution in [2.45, 2.75) is 52.6 Å². The monoisotopic (exact) mass is 417 g/mol. The molecule has 0 spiro atoms. The zero-order valence-electron chi connectivity index (χ0n) is 17.2. The first kappa shape index (κ1) is 22.8.